The number of aliphatic carboxylic acids is 1. The lowest BCUT2D eigenvalue weighted by atomic mass is 9.80. The molecule has 1 atom stereocenters. The number of carbonyl (C=O) groups excluding carboxylic acids is 1. The van der Waals surface area contributed by atoms with E-state index in [9.17, 15) is 19.1 Å². The fraction of sp³-hybridized carbons (Fsp3) is 0.250. The van der Waals surface area contributed by atoms with Crippen molar-refractivity contribution in [1.29, 1.82) is 0 Å². The Morgan fingerprint density at radius 2 is 2.00 bits per heavy atom. The Kier molecular flexibility index (Phi) is 5.51. The zero-order chi connectivity index (χ0) is 18.0. The normalized spacial score (nSPS) is 17.6. The van der Waals surface area contributed by atoms with E-state index in [0.717, 1.165) is 0 Å². The highest BCUT2D eigenvalue weighted by Crippen LogP contribution is 2.43. The van der Waals surface area contributed by atoms with Gasteiger partial charge in [0.05, 0.1) is 39.9 Å². The topological polar surface area (TPSA) is 75.6 Å². The van der Waals surface area contributed by atoms with Gasteiger partial charge in [0.15, 0.2) is 0 Å². The molecule has 0 saturated heterocycles. The van der Waals surface area contributed by atoms with E-state index in [1.807, 2.05) is 0 Å². The molecule has 0 fully saturated rings. The quantitative estimate of drug-likeness (QED) is 0.790. The third kappa shape index (κ3) is 3.12. The maximum absolute atomic E-state index is 13.4. The lowest BCUT2D eigenvalue weighted by Gasteiger charge is -2.30. The number of benzene rings is 1. The second kappa shape index (κ2) is 7.23. The van der Waals surface area contributed by atoms with Crippen LogP contribution < -0.4 is 5.32 Å². The van der Waals surface area contributed by atoms with Crippen LogP contribution >= 0.6 is 23.2 Å². The van der Waals surface area contributed by atoms with E-state index in [0.29, 0.717) is 5.70 Å². The van der Waals surface area contributed by atoms with Crippen LogP contribution in [0, 0.1) is 0 Å². The molecule has 0 radical (unpaired) electrons. The number of ether oxygens (including phenoxy) is 1. The standard InChI is InChI=1S/C16H14Cl2FNO4/c1-7-11(16(23)24-2)12(8-4-3-5-9(17)14(8)18)13(15(21)22)10(6-19)20-7/h3-5,12,20H,6H2,1-2H3,(H,21,22). The molecule has 0 saturated carbocycles. The molecule has 0 spiro atoms. The number of alkyl halides is 1. The minimum absolute atomic E-state index is 0.0382. The molecule has 24 heavy (non-hydrogen) atoms. The largest absolute Gasteiger partial charge is 0.478 e. The number of hydrogen-bond acceptors (Lipinski definition) is 4. The third-order valence-electron chi connectivity index (χ3n) is 3.71. The summed E-state index contributed by atoms with van der Waals surface area (Å²) in [6, 6.07) is 4.65. The van der Waals surface area contributed by atoms with Crippen LogP contribution in [-0.2, 0) is 14.3 Å². The molecule has 1 aliphatic heterocycles. The van der Waals surface area contributed by atoms with Crippen LogP contribution in [0.3, 0.4) is 0 Å². The van der Waals surface area contributed by atoms with E-state index in [1.54, 1.807) is 12.1 Å². The summed E-state index contributed by atoms with van der Waals surface area (Å²) in [5.41, 5.74) is 0.159. The molecule has 2 rings (SSSR count). The van der Waals surface area contributed by atoms with E-state index in [2.05, 4.69) is 5.32 Å². The monoisotopic (exact) mass is 373 g/mol. The van der Waals surface area contributed by atoms with Crippen LogP contribution in [0.15, 0.2) is 40.7 Å². The van der Waals surface area contributed by atoms with Crippen molar-refractivity contribution in [2.45, 2.75) is 12.8 Å². The van der Waals surface area contributed by atoms with Gasteiger partial charge in [-0.3, -0.25) is 0 Å². The zero-order valence-corrected chi connectivity index (χ0v) is 14.3. The fourth-order valence-corrected chi connectivity index (χ4v) is 3.11. The van der Waals surface area contributed by atoms with Crippen molar-refractivity contribution in [3.63, 3.8) is 0 Å². The lowest BCUT2D eigenvalue weighted by molar-refractivity contribution is -0.136. The van der Waals surface area contributed by atoms with Crippen LogP contribution in [0.4, 0.5) is 4.39 Å². The zero-order valence-electron chi connectivity index (χ0n) is 12.8. The van der Waals surface area contributed by atoms with Crippen molar-refractivity contribution in [2.75, 3.05) is 13.8 Å². The Morgan fingerprint density at radius 1 is 1.33 bits per heavy atom. The van der Waals surface area contributed by atoms with Gasteiger partial charge >= 0.3 is 11.9 Å². The van der Waals surface area contributed by atoms with Gasteiger partial charge in [0.25, 0.3) is 0 Å². The van der Waals surface area contributed by atoms with E-state index < -0.39 is 24.5 Å². The van der Waals surface area contributed by atoms with Crippen LogP contribution in [0.5, 0.6) is 0 Å². The molecule has 0 aromatic heterocycles. The van der Waals surface area contributed by atoms with Crippen LogP contribution in [-0.4, -0.2) is 30.8 Å². The minimum Gasteiger partial charge on any atom is -0.478 e. The predicted molar refractivity (Wildman–Crippen MR) is 87.7 cm³/mol. The maximum Gasteiger partial charge on any atom is 0.336 e. The summed E-state index contributed by atoms with van der Waals surface area (Å²) in [5, 5.41) is 12.5. The maximum atomic E-state index is 13.4. The number of dihydropyridines is 1. The average molecular weight is 374 g/mol. The van der Waals surface area contributed by atoms with Gasteiger partial charge in [-0.2, -0.15) is 0 Å². The first-order chi connectivity index (χ1) is 11.3. The first-order valence-corrected chi connectivity index (χ1v) is 7.61. The van der Waals surface area contributed by atoms with Gasteiger partial charge in [-0.15, -0.1) is 0 Å². The number of halogens is 3. The number of carboxylic acids is 1. The highest BCUT2D eigenvalue weighted by atomic mass is 35.5. The lowest BCUT2D eigenvalue weighted by Crippen LogP contribution is -2.33. The molecule has 2 N–H and O–H groups in total. The predicted octanol–water partition coefficient (Wildman–Crippen LogP) is 3.44. The number of hydrogen-bond donors (Lipinski definition) is 2. The second-order valence-corrected chi connectivity index (χ2v) is 5.85. The summed E-state index contributed by atoms with van der Waals surface area (Å²) < 4.78 is 18.1. The fourth-order valence-electron chi connectivity index (χ4n) is 2.69. The Morgan fingerprint density at radius 3 is 2.54 bits per heavy atom. The number of carbonyl (C=O) groups is 2. The number of methoxy groups -OCH3 is 1. The summed E-state index contributed by atoms with van der Waals surface area (Å²) in [6.07, 6.45) is 0. The van der Waals surface area contributed by atoms with Gasteiger partial charge in [-0.05, 0) is 18.6 Å². The molecule has 1 aromatic carbocycles. The van der Waals surface area contributed by atoms with Crippen LogP contribution in [0.25, 0.3) is 0 Å². The highest BCUT2D eigenvalue weighted by molar-refractivity contribution is 6.42. The number of rotatable bonds is 4. The molecule has 1 heterocycles. The van der Waals surface area contributed by atoms with E-state index in [4.69, 9.17) is 27.9 Å². The molecule has 8 heteroatoms. The third-order valence-corrected chi connectivity index (χ3v) is 4.54. The summed E-state index contributed by atoms with van der Waals surface area (Å²) in [6.45, 7) is 0.494. The van der Waals surface area contributed by atoms with Crippen molar-refractivity contribution in [1.82, 2.24) is 5.32 Å². The Balaban J connectivity index is 2.80. The summed E-state index contributed by atoms with van der Waals surface area (Å²) in [7, 11) is 1.17. The Labute approximate surface area is 147 Å². The van der Waals surface area contributed by atoms with Crippen molar-refractivity contribution in [2.24, 2.45) is 0 Å². The Bertz CT molecular complexity index is 773. The molecule has 1 unspecified atom stereocenters. The van der Waals surface area contributed by atoms with E-state index >= 15 is 0 Å². The van der Waals surface area contributed by atoms with Crippen LogP contribution in [0.2, 0.25) is 10.0 Å². The van der Waals surface area contributed by atoms with Crippen molar-refractivity contribution in [3.05, 3.63) is 56.3 Å². The molecule has 1 aliphatic rings. The number of esters is 1. The molecular weight excluding hydrogens is 360 g/mol. The van der Waals surface area contributed by atoms with Crippen molar-refractivity contribution >= 4 is 35.1 Å². The van der Waals surface area contributed by atoms with Gasteiger partial charge in [-0.1, -0.05) is 35.3 Å². The van der Waals surface area contributed by atoms with E-state index in [1.165, 1.54) is 20.1 Å². The van der Waals surface area contributed by atoms with E-state index in [-0.39, 0.29) is 32.5 Å². The van der Waals surface area contributed by atoms with Crippen LogP contribution in [0.1, 0.15) is 18.4 Å². The SMILES string of the molecule is COC(=O)C1=C(C)NC(CF)=C(C(=O)O)C1c1cccc(Cl)c1Cl. The first kappa shape index (κ1) is 18.3. The molecule has 0 bridgehead atoms. The second-order valence-electron chi connectivity index (χ2n) is 5.06. The molecule has 5 nitrogen and oxygen atoms in total. The summed E-state index contributed by atoms with van der Waals surface area (Å²) in [5.74, 6) is -3.21. The number of nitrogens with one attached hydrogen (secondary N) is 1. The minimum atomic E-state index is -1.37. The molecule has 0 aliphatic carbocycles. The van der Waals surface area contributed by atoms with Crippen molar-refractivity contribution < 1.29 is 23.8 Å². The van der Waals surface area contributed by atoms with Gasteiger partial charge in [-0.25, -0.2) is 14.0 Å². The van der Waals surface area contributed by atoms with Gasteiger partial charge < -0.3 is 15.2 Å². The molecular formula is C16H14Cl2FNO4. The first-order valence-electron chi connectivity index (χ1n) is 6.85. The number of allylic oxidation sites excluding steroid dienone is 2. The summed E-state index contributed by atoms with van der Waals surface area (Å²) in [4.78, 5) is 24.0. The highest BCUT2D eigenvalue weighted by Gasteiger charge is 2.39. The number of carboxylic acid groups (broad SMARTS) is 1. The average Bonchev–Trinajstić information content (AvgIpc) is 2.55. The summed E-state index contributed by atoms with van der Waals surface area (Å²) >= 11 is 12.2. The molecule has 0 amide bonds. The van der Waals surface area contributed by atoms with Gasteiger partial charge in [0.1, 0.15) is 6.67 Å². The van der Waals surface area contributed by atoms with Crippen molar-refractivity contribution in [3.8, 4) is 0 Å². The Hall–Kier alpha value is -2.05. The van der Waals surface area contributed by atoms with Gasteiger partial charge in [0.2, 0.25) is 0 Å². The molecule has 1 aromatic rings. The molecule has 128 valence electrons. The van der Waals surface area contributed by atoms with Gasteiger partial charge in [0, 0.05) is 5.70 Å². The smallest absolute Gasteiger partial charge is 0.336 e.